The van der Waals surface area contributed by atoms with Crippen LogP contribution in [-0.4, -0.2) is 19.6 Å². The van der Waals surface area contributed by atoms with Gasteiger partial charge in [-0.3, -0.25) is 9.55 Å². The van der Waals surface area contributed by atoms with Crippen molar-refractivity contribution in [2.24, 2.45) is 0 Å². The van der Waals surface area contributed by atoms with Gasteiger partial charge in [-0.2, -0.15) is 0 Å². The molecular formula is C60H64N3OPt-. The first-order chi connectivity index (χ1) is 34.1. The number of aromatic nitrogens is 3. The summed E-state index contributed by atoms with van der Waals surface area (Å²) in [5.74, 6) is -3.20. The number of hydrogen-bond donors (Lipinski definition) is 1. The van der Waals surface area contributed by atoms with Crippen LogP contribution in [0, 0.1) is 12.9 Å². The third-order valence-electron chi connectivity index (χ3n) is 12.0. The van der Waals surface area contributed by atoms with Gasteiger partial charge in [0.15, 0.2) is 0 Å². The molecule has 0 aliphatic rings. The third kappa shape index (κ3) is 9.43. The Morgan fingerprint density at radius 2 is 1.35 bits per heavy atom. The molecule has 0 atom stereocenters. The Balaban J connectivity index is 0.00000820. The van der Waals surface area contributed by atoms with Gasteiger partial charge in [0.2, 0.25) is 0 Å². The van der Waals surface area contributed by atoms with Gasteiger partial charge in [0.25, 0.3) is 0 Å². The molecule has 0 saturated carbocycles. The van der Waals surface area contributed by atoms with E-state index in [0.29, 0.717) is 67.2 Å². The fraction of sp³-hybridized carbons (Fsp3) is 0.300. The van der Waals surface area contributed by atoms with Crippen LogP contribution in [-0.2, 0) is 31.9 Å². The summed E-state index contributed by atoms with van der Waals surface area (Å²) in [4.78, 5) is 10.2. The Kier molecular flexibility index (Phi) is 10.1. The van der Waals surface area contributed by atoms with Crippen LogP contribution in [0.5, 0.6) is 5.75 Å². The molecule has 0 radical (unpaired) electrons. The molecule has 65 heavy (non-hydrogen) atoms. The minimum absolute atomic E-state index is 0. The summed E-state index contributed by atoms with van der Waals surface area (Å²) in [7, 11) is 0. The van der Waals surface area contributed by atoms with Crippen LogP contribution in [0.4, 0.5) is 0 Å². The first kappa shape index (κ1) is 35.7. The van der Waals surface area contributed by atoms with Crippen molar-refractivity contribution in [1.82, 2.24) is 14.5 Å². The zero-order valence-corrected chi connectivity index (χ0v) is 41.7. The number of benzene rings is 6. The van der Waals surface area contributed by atoms with Crippen molar-refractivity contribution in [2.45, 2.75) is 118 Å². The number of hydrogen-bond acceptors (Lipinski definition) is 3. The molecule has 8 aromatic rings. The van der Waals surface area contributed by atoms with Crippen molar-refractivity contribution in [3.05, 3.63) is 167 Å². The van der Waals surface area contributed by atoms with Crippen molar-refractivity contribution in [3.63, 3.8) is 0 Å². The number of fused-ring (bicyclic) bond motifs is 1. The molecule has 0 unspecified atom stereocenters. The largest absolute Gasteiger partial charge is 0.507 e. The van der Waals surface area contributed by atoms with Gasteiger partial charge in [-0.25, -0.2) is 4.98 Å². The number of phenolic OH excluding ortho intramolecular Hbond substituents is 1. The minimum Gasteiger partial charge on any atom is -0.507 e. The summed E-state index contributed by atoms with van der Waals surface area (Å²) >= 11 is 0. The Morgan fingerprint density at radius 3 is 2.02 bits per heavy atom. The monoisotopic (exact) mass is 1050 g/mol. The van der Waals surface area contributed by atoms with E-state index < -0.39 is 59.7 Å². The molecule has 8 rings (SSSR count). The SMILES string of the molecule is [2H]c1c([2H])c(C([2H])([2H])[2H])c([2H])c([2H])c1-c1ccnc(-c2[c-]c(-c3cccc4c3nc(-c3cc(C([2H])(C)C)cc(C([2H])(C)C)c3O)n4-c3ccc(-c4ccccc4C(C)(C)C)c(C([2H])(C)C)c3)cc(C(C)(C)C)c2)c1.[Pt]. The molecule has 5 heteroatoms. The van der Waals surface area contributed by atoms with Crippen molar-refractivity contribution >= 4 is 11.0 Å². The fourth-order valence-corrected chi connectivity index (χ4v) is 8.40. The van der Waals surface area contributed by atoms with Crippen LogP contribution < -0.4 is 0 Å². The molecule has 0 bridgehead atoms. The second-order valence-corrected chi connectivity index (χ2v) is 19.5. The van der Waals surface area contributed by atoms with E-state index >= 15 is 0 Å². The van der Waals surface area contributed by atoms with E-state index in [1.165, 1.54) is 6.20 Å². The standard InChI is InChI=1S/C60H64N3O.Pt/c1-36(2)42-32-51(38(5)6)57(64)52(33-42)58-62-56-47(43-29-44(31-45(30-43)59(8,9)10)54-34-41(27-28-61-54)40-23-21-39(7)22-24-40)18-16-20-55(56)63(58)46-25-26-48(50(35-46)37(3)4)49-17-14-15-19-53(49)60(11,12)13;/h14-28,30-38,64H,1-13H3;/q-1;/i7D3,21D,22D,23D,24D,36D,37D,38D;. The second-order valence-electron chi connectivity index (χ2n) is 19.5. The van der Waals surface area contributed by atoms with Crippen molar-refractivity contribution < 1.29 is 39.9 Å². The van der Waals surface area contributed by atoms with Crippen molar-refractivity contribution in [3.8, 4) is 67.5 Å². The smallest absolute Gasteiger partial charge is 0.148 e. The van der Waals surface area contributed by atoms with Crippen molar-refractivity contribution in [2.75, 3.05) is 0 Å². The molecule has 0 aliphatic carbocycles. The molecule has 1 N–H and O–H groups in total. The Morgan fingerprint density at radius 1 is 0.662 bits per heavy atom. The Hall–Kier alpha value is -5.57. The molecule has 4 nitrogen and oxygen atoms in total. The maximum atomic E-state index is 12.4. The summed E-state index contributed by atoms with van der Waals surface area (Å²) in [6.45, 7) is 20.7. The maximum absolute atomic E-state index is 12.4. The molecule has 0 fully saturated rings. The summed E-state index contributed by atoms with van der Waals surface area (Å²) < 4.78 is 88.5. The number of aromatic hydroxyl groups is 1. The van der Waals surface area contributed by atoms with Crippen LogP contribution in [0.25, 0.3) is 72.7 Å². The van der Waals surface area contributed by atoms with Crippen molar-refractivity contribution in [1.29, 1.82) is 0 Å². The van der Waals surface area contributed by atoms with Crippen LogP contribution >= 0.6 is 0 Å². The number of phenols is 1. The molecule has 6 aromatic carbocycles. The number of nitrogens with zero attached hydrogens (tertiary/aromatic N) is 3. The molecule has 2 aromatic heterocycles. The third-order valence-corrected chi connectivity index (χ3v) is 12.0. The second kappa shape index (κ2) is 18.4. The van der Waals surface area contributed by atoms with Gasteiger partial charge < -0.3 is 5.11 Å². The molecule has 0 saturated heterocycles. The molecule has 0 spiro atoms. The van der Waals surface area contributed by atoms with Gasteiger partial charge in [-0.05, 0) is 110 Å². The summed E-state index contributed by atoms with van der Waals surface area (Å²) in [5, 5.41) is 12.4. The number of rotatable bonds is 9. The fourth-order valence-electron chi connectivity index (χ4n) is 8.40. The maximum Gasteiger partial charge on any atom is 0.148 e. The first-order valence-electron chi connectivity index (χ1n) is 26.9. The van der Waals surface area contributed by atoms with Gasteiger partial charge in [-0.1, -0.05) is 179 Å². The van der Waals surface area contributed by atoms with Gasteiger partial charge in [0, 0.05) is 46.9 Å². The normalized spacial score (nSPS) is 15.0. The van der Waals surface area contributed by atoms with Crippen LogP contribution in [0.15, 0.2) is 127 Å². The summed E-state index contributed by atoms with van der Waals surface area (Å²) in [5.41, 5.74) is 9.40. The number of para-hydroxylation sites is 1. The summed E-state index contributed by atoms with van der Waals surface area (Å²) in [6, 6.07) is 32.5. The number of pyridine rings is 1. The Labute approximate surface area is 416 Å². The van der Waals surface area contributed by atoms with E-state index in [4.69, 9.17) is 20.9 Å². The van der Waals surface area contributed by atoms with E-state index in [1.807, 2.05) is 66.9 Å². The van der Waals surface area contributed by atoms with Crippen LogP contribution in [0.1, 0.15) is 148 Å². The number of imidazole rings is 1. The quantitative estimate of drug-likeness (QED) is 0.147. The zero-order chi connectivity index (χ0) is 54.6. The summed E-state index contributed by atoms with van der Waals surface area (Å²) in [6.07, 6.45) is 1.52. The predicted octanol–water partition coefficient (Wildman–Crippen LogP) is 16.5. The zero-order valence-electron chi connectivity index (χ0n) is 49.4. The topological polar surface area (TPSA) is 50.9 Å². The molecule has 336 valence electrons. The first-order valence-corrected chi connectivity index (χ1v) is 21.9. The average Bonchev–Trinajstić information content (AvgIpc) is 3.68. The van der Waals surface area contributed by atoms with E-state index in [-0.39, 0.29) is 37.8 Å². The van der Waals surface area contributed by atoms with E-state index in [1.54, 1.807) is 52.0 Å². The van der Waals surface area contributed by atoms with Gasteiger partial charge in [-0.15, -0.1) is 29.3 Å². The van der Waals surface area contributed by atoms with Crippen LogP contribution in [0.3, 0.4) is 0 Å². The molecular weight excluding hydrogens is 974 g/mol. The van der Waals surface area contributed by atoms with E-state index in [9.17, 15) is 7.85 Å². The predicted molar refractivity (Wildman–Crippen MR) is 271 cm³/mol. The van der Waals surface area contributed by atoms with E-state index in [0.717, 1.165) is 27.8 Å². The molecule has 0 aliphatic heterocycles. The van der Waals surface area contributed by atoms with Gasteiger partial charge >= 0.3 is 0 Å². The molecule has 0 amide bonds. The Bertz CT molecular complexity index is 3500. The van der Waals surface area contributed by atoms with Gasteiger partial charge in [0.1, 0.15) is 11.6 Å². The van der Waals surface area contributed by atoms with Crippen LogP contribution in [0.2, 0.25) is 0 Å². The molecule has 2 heterocycles. The minimum atomic E-state index is -2.85. The average molecular weight is 1050 g/mol. The van der Waals surface area contributed by atoms with E-state index in [2.05, 4.69) is 71.9 Å². The van der Waals surface area contributed by atoms with Gasteiger partial charge in [0.05, 0.1) is 22.1 Å².